The normalized spacial score (nSPS) is 24.9. The molecule has 1 fully saturated rings. The first-order valence-electron chi connectivity index (χ1n) is 7.48. The molecule has 0 radical (unpaired) electrons. The van der Waals surface area contributed by atoms with E-state index in [1.165, 1.54) is 0 Å². The van der Waals surface area contributed by atoms with Gasteiger partial charge in [0.15, 0.2) is 0 Å². The number of amides is 1. The van der Waals surface area contributed by atoms with E-state index < -0.39 is 11.9 Å². The van der Waals surface area contributed by atoms with Crippen LogP contribution in [-0.2, 0) is 9.59 Å². The van der Waals surface area contributed by atoms with Crippen molar-refractivity contribution in [1.82, 2.24) is 4.90 Å². The summed E-state index contributed by atoms with van der Waals surface area (Å²) >= 11 is 3.39. The topological polar surface area (TPSA) is 57.6 Å². The molecule has 116 valence electrons. The minimum absolute atomic E-state index is 0.00175. The molecule has 0 unspecified atom stereocenters. The van der Waals surface area contributed by atoms with Crippen molar-refractivity contribution in [3.05, 3.63) is 46.5 Å². The predicted molar refractivity (Wildman–Crippen MR) is 86.5 cm³/mol. The lowest BCUT2D eigenvalue weighted by Crippen LogP contribution is -2.34. The molecule has 4 nitrogen and oxygen atoms in total. The molecule has 1 amide bonds. The van der Waals surface area contributed by atoms with Gasteiger partial charge in [0.05, 0.1) is 5.92 Å². The Morgan fingerprint density at radius 2 is 1.73 bits per heavy atom. The Labute approximate surface area is 137 Å². The summed E-state index contributed by atoms with van der Waals surface area (Å²) in [4.78, 5) is 25.9. The minimum Gasteiger partial charge on any atom is -0.481 e. The van der Waals surface area contributed by atoms with Crippen LogP contribution in [0.25, 0.3) is 0 Å². The summed E-state index contributed by atoms with van der Waals surface area (Å²) in [5, 5.41) is 9.50. The second-order valence-corrected chi connectivity index (χ2v) is 6.90. The summed E-state index contributed by atoms with van der Waals surface area (Å²) in [5.74, 6) is -1.40. The third-order valence-corrected chi connectivity index (χ3v) is 5.13. The summed E-state index contributed by atoms with van der Waals surface area (Å²) in [6, 6.07) is 7.71. The third-order valence-electron chi connectivity index (χ3n) is 4.60. The predicted octanol–water partition coefficient (Wildman–Crippen LogP) is 3.04. The average Bonchev–Trinajstić information content (AvgIpc) is 3.17. The lowest BCUT2D eigenvalue weighted by molar-refractivity contribution is -0.142. The third kappa shape index (κ3) is 2.95. The number of likely N-dealkylation sites (tertiary alicyclic amines) is 1. The van der Waals surface area contributed by atoms with Crippen LogP contribution < -0.4 is 0 Å². The number of benzene rings is 1. The van der Waals surface area contributed by atoms with Crippen molar-refractivity contribution in [1.29, 1.82) is 0 Å². The van der Waals surface area contributed by atoms with Crippen LogP contribution in [0.3, 0.4) is 0 Å². The Morgan fingerprint density at radius 1 is 1.09 bits per heavy atom. The Bertz CT molecular complexity index is 603. The van der Waals surface area contributed by atoms with Gasteiger partial charge in [0.1, 0.15) is 0 Å². The summed E-state index contributed by atoms with van der Waals surface area (Å²) in [7, 11) is 0. The lowest BCUT2D eigenvalue weighted by Gasteiger charge is -2.20. The molecular weight excluding hydrogens is 346 g/mol. The first-order chi connectivity index (χ1) is 10.6. The van der Waals surface area contributed by atoms with E-state index >= 15 is 0 Å². The summed E-state index contributed by atoms with van der Waals surface area (Å²) in [6.45, 7) is 0.805. The van der Waals surface area contributed by atoms with Crippen molar-refractivity contribution in [2.45, 2.75) is 18.8 Å². The summed E-state index contributed by atoms with van der Waals surface area (Å²) < 4.78 is 0.964. The van der Waals surface area contributed by atoms with Crippen LogP contribution in [0.1, 0.15) is 24.3 Å². The molecule has 2 aliphatic rings. The smallest absolute Gasteiger partial charge is 0.308 e. The molecule has 3 rings (SSSR count). The second-order valence-electron chi connectivity index (χ2n) is 5.99. The van der Waals surface area contributed by atoms with Gasteiger partial charge in [-0.25, -0.2) is 0 Å². The van der Waals surface area contributed by atoms with E-state index in [0.29, 0.717) is 13.1 Å². The number of hydrogen-bond donors (Lipinski definition) is 1. The fourth-order valence-corrected chi connectivity index (χ4v) is 3.62. The van der Waals surface area contributed by atoms with E-state index in [4.69, 9.17) is 0 Å². The summed E-state index contributed by atoms with van der Waals surface area (Å²) in [6.07, 6.45) is 5.60. The fourth-order valence-electron chi connectivity index (χ4n) is 3.36. The van der Waals surface area contributed by atoms with Crippen molar-refractivity contribution in [2.75, 3.05) is 13.1 Å². The first kappa shape index (κ1) is 15.3. The van der Waals surface area contributed by atoms with E-state index in [2.05, 4.69) is 15.9 Å². The van der Waals surface area contributed by atoms with Crippen LogP contribution in [0.5, 0.6) is 0 Å². The Kier molecular flexibility index (Phi) is 4.34. The molecule has 1 N–H and O–H groups in total. The molecule has 1 aromatic carbocycles. The molecule has 0 aromatic heterocycles. The van der Waals surface area contributed by atoms with Gasteiger partial charge < -0.3 is 10.0 Å². The molecule has 1 heterocycles. The molecule has 1 aliphatic carbocycles. The molecule has 0 saturated carbocycles. The number of carboxylic acid groups (broad SMARTS) is 1. The number of aliphatic carboxylic acids is 1. The molecule has 1 aromatic rings. The second kappa shape index (κ2) is 6.24. The molecule has 2 atom stereocenters. The lowest BCUT2D eigenvalue weighted by atomic mass is 9.89. The highest BCUT2D eigenvalue weighted by molar-refractivity contribution is 9.10. The Morgan fingerprint density at radius 3 is 2.32 bits per heavy atom. The van der Waals surface area contributed by atoms with Crippen molar-refractivity contribution in [2.24, 2.45) is 11.8 Å². The van der Waals surface area contributed by atoms with Crippen molar-refractivity contribution < 1.29 is 14.7 Å². The highest BCUT2D eigenvalue weighted by Crippen LogP contribution is 2.35. The van der Waals surface area contributed by atoms with E-state index in [1.54, 1.807) is 4.90 Å². The monoisotopic (exact) mass is 363 g/mol. The maximum atomic E-state index is 12.5. The zero-order valence-corrected chi connectivity index (χ0v) is 13.7. The van der Waals surface area contributed by atoms with Crippen molar-refractivity contribution in [3.8, 4) is 0 Å². The number of carbonyl (C=O) groups excluding carboxylic acids is 1. The van der Waals surface area contributed by atoms with E-state index in [0.717, 1.165) is 22.9 Å². The molecule has 0 spiro atoms. The van der Waals surface area contributed by atoms with Gasteiger partial charge in [-0.15, -0.1) is 0 Å². The van der Waals surface area contributed by atoms with E-state index in [9.17, 15) is 14.7 Å². The zero-order valence-electron chi connectivity index (χ0n) is 12.1. The number of hydrogen-bond acceptors (Lipinski definition) is 2. The number of halogens is 1. The Balaban J connectivity index is 1.79. The number of allylic oxidation sites excluding steroid dienone is 2. The Hall–Kier alpha value is -1.62. The molecule has 5 heteroatoms. The van der Waals surface area contributed by atoms with Crippen molar-refractivity contribution in [3.63, 3.8) is 0 Å². The van der Waals surface area contributed by atoms with E-state index in [-0.39, 0.29) is 17.7 Å². The molecule has 1 saturated heterocycles. The molecule has 22 heavy (non-hydrogen) atoms. The quantitative estimate of drug-likeness (QED) is 0.839. The zero-order chi connectivity index (χ0) is 15.7. The van der Waals surface area contributed by atoms with Crippen LogP contribution in [0.15, 0.2) is 40.9 Å². The van der Waals surface area contributed by atoms with E-state index in [1.807, 2.05) is 36.4 Å². The van der Waals surface area contributed by atoms with Gasteiger partial charge in [-0.1, -0.05) is 40.2 Å². The van der Waals surface area contributed by atoms with Crippen LogP contribution in [-0.4, -0.2) is 35.0 Å². The van der Waals surface area contributed by atoms with Gasteiger partial charge >= 0.3 is 5.97 Å². The highest BCUT2D eigenvalue weighted by Gasteiger charge is 2.41. The van der Waals surface area contributed by atoms with Crippen LogP contribution in [0.2, 0.25) is 0 Å². The van der Waals surface area contributed by atoms with Gasteiger partial charge in [-0.3, -0.25) is 9.59 Å². The molecule has 0 bridgehead atoms. The molecular formula is C17H18BrNO3. The molecule has 1 aliphatic heterocycles. The minimum atomic E-state index is -0.826. The van der Waals surface area contributed by atoms with Gasteiger partial charge in [0, 0.05) is 29.4 Å². The average molecular weight is 364 g/mol. The number of carboxylic acids is 1. The van der Waals surface area contributed by atoms with Crippen LogP contribution in [0.4, 0.5) is 0 Å². The van der Waals surface area contributed by atoms with Crippen LogP contribution in [0, 0.1) is 11.8 Å². The number of nitrogens with zero attached hydrogens (tertiary/aromatic N) is 1. The van der Waals surface area contributed by atoms with Crippen molar-refractivity contribution >= 4 is 27.8 Å². The standard InChI is InChI=1S/C17H18BrNO3/c18-13-7-5-11(6-8-13)14-9-19(10-15(14)17(21)22)16(20)12-3-1-2-4-12/h1-2,5-8,12,14-15H,3-4,9-10H2,(H,21,22)/t14-,15+/m0/s1. The van der Waals surface area contributed by atoms with Gasteiger partial charge in [-0.2, -0.15) is 0 Å². The number of carbonyl (C=O) groups is 2. The first-order valence-corrected chi connectivity index (χ1v) is 8.27. The largest absolute Gasteiger partial charge is 0.481 e. The van der Waals surface area contributed by atoms with Crippen LogP contribution >= 0.6 is 15.9 Å². The highest BCUT2D eigenvalue weighted by atomic mass is 79.9. The fraction of sp³-hybridized carbons (Fsp3) is 0.412. The summed E-state index contributed by atoms with van der Waals surface area (Å²) in [5.41, 5.74) is 0.982. The SMILES string of the molecule is O=C(O)[C@@H]1CN(C(=O)C2CC=CC2)C[C@H]1c1ccc(Br)cc1. The maximum Gasteiger partial charge on any atom is 0.308 e. The van der Waals surface area contributed by atoms with Gasteiger partial charge in [0.2, 0.25) is 5.91 Å². The number of rotatable bonds is 3. The van der Waals surface area contributed by atoms with Gasteiger partial charge in [0.25, 0.3) is 0 Å². The van der Waals surface area contributed by atoms with Gasteiger partial charge in [-0.05, 0) is 30.5 Å². The maximum absolute atomic E-state index is 12.5.